The highest BCUT2D eigenvalue weighted by Crippen LogP contribution is 2.41. The molecule has 8 nitrogen and oxygen atoms in total. The molecule has 3 amide bonds. The van der Waals surface area contributed by atoms with Crippen LogP contribution in [-0.4, -0.2) is 33.2 Å². The van der Waals surface area contributed by atoms with Crippen LogP contribution in [-0.2, 0) is 6.54 Å². The van der Waals surface area contributed by atoms with Gasteiger partial charge >= 0.3 is 6.03 Å². The second-order valence-corrected chi connectivity index (χ2v) is 7.75. The van der Waals surface area contributed by atoms with Crippen molar-refractivity contribution in [1.29, 1.82) is 5.26 Å². The maximum Gasteiger partial charge on any atom is 0.315 e. The van der Waals surface area contributed by atoms with Crippen LogP contribution in [0.1, 0.15) is 33.2 Å². The quantitative estimate of drug-likeness (QED) is 0.627. The van der Waals surface area contributed by atoms with E-state index in [1.54, 1.807) is 47.1 Å². The van der Waals surface area contributed by atoms with Crippen molar-refractivity contribution in [2.45, 2.75) is 12.6 Å². The summed E-state index contributed by atoms with van der Waals surface area (Å²) in [4.78, 5) is 26.3. The molecule has 1 aliphatic heterocycles. The predicted octanol–water partition coefficient (Wildman–Crippen LogP) is 3.31. The number of nitriles is 1. The summed E-state index contributed by atoms with van der Waals surface area (Å²) in [5.41, 5.74) is 13.8. The van der Waals surface area contributed by atoms with Crippen LogP contribution in [0.25, 0.3) is 11.3 Å². The van der Waals surface area contributed by atoms with E-state index >= 15 is 0 Å². The van der Waals surface area contributed by atoms with Crippen LogP contribution in [0.2, 0.25) is 10.0 Å². The number of hydrogen-bond acceptors (Lipinski definition) is 4. The molecular formula is C21H16Cl2N6O2. The highest BCUT2D eigenvalue weighted by atomic mass is 35.5. The molecule has 1 aromatic heterocycles. The van der Waals surface area contributed by atoms with Crippen LogP contribution in [0, 0.1) is 11.3 Å². The molecule has 1 atom stereocenters. The summed E-state index contributed by atoms with van der Waals surface area (Å²) in [6.45, 7) is 0.582. The van der Waals surface area contributed by atoms with Crippen LogP contribution >= 0.6 is 23.2 Å². The van der Waals surface area contributed by atoms with Gasteiger partial charge in [0.1, 0.15) is 11.7 Å². The molecule has 1 unspecified atom stereocenters. The number of hydrogen-bond donors (Lipinski definition) is 2. The fraction of sp³-hybridized carbons (Fsp3) is 0.143. The van der Waals surface area contributed by atoms with E-state index in [0.717, 1.165) is 0 Å². The third-order valence-corrected chi connectivity index (χ3v) is 6.03. The van der Waals surface area contributed by atoms with Crippen LogP contribution in [0.5, 0.6) is 0 Å². The Morgan fingerprint density at radius 3 is 2.42 bits per heavy atom. The molecular weight excluding hydrogens is 439 g/mol. The van der Waals surface area contributed by atoms with E-state index in [-0.39, 0.29) is 22.8 Å². The van der Waals surface area contributed by atoms with Gasteiger partial charge in [-0.25, -0.2) is 4.79 Å². The minimum absolute atomic E-state index is 0.129. The molecule has 2 aromatic carbocycles. The topological polar surface area (TPSA) is 131 Å². The predicted molar refractivity (Wildman–Crippen MR) is 115 cm³/mol. The van der Waals surface area contributed by atoms with Gasteiger partial charge in [0, 0.05) is 12.1 Å². The smallest absolute Gasteiger partial charge is 0.315 e. The average Bonchev–Trinajstić information content (AvgIpc) is 3.14. The first-order valence-electron chi connectivity index (χ1n) is 9.24. The summed E-state index contributed by atoms with van der Waals surface area (Å²) in [5, 5.41) is 14.2. The van der Waals surface area contributed by atoms with Crippen molar-refractivity contribution in [2.24, 2.45) is 11.5 Å². The maximum atomic E-state index is 12.6. The average molecular weight is 455 g/mol. The second kappa shape index (κ2) is 7.95. The van der Waals surface area contributed by atoms with Gasteiger partial charge < -0.3 is 16.4 Å². The van der Waals surface area contributed by atoms with Gasteiger partial charge in [-0.2, -0.15) is 10.4 Å². The van der Waals surface area contributed by atoms with Crippen LogP contribution in [0.15, 0.2) is 42.5 Å². The number of primary amides is 2. The summed E-state index contributed by atoms with van der Waals surface area (Å²) in [5.74, 6) is -0.725. The molecule has 0 fully saturated rings. The normalized spacial score (nSPS) is 15.3. The van der Waals surface area contributed by atoms with Gasteiger partial charge in [0.25, 0.3) is 5.91 Å². The Balaban J connectivity index is 1.99. The summed E-state index contributed by atoms with van der Waals surface area (Å²) in [6, 6.07) is 12.4. The Morgan fingerprint density at radius 2 is 1.81 bits per heavy atom. The lowest BCUT2D eigenvalue weighted by Gasteiger charge is -2.35. The molecule has 0 bridgehead atoms. The molecule has 3 aromatic rings. The summed E-state index contributed by atoms with van der Waals surface area (Å²) < 4.78 is 1.63. The maximum absolute atomic E-state index is 12.6. The minimum atomic E-state index is -0.725. The minimum Gasteiger partial charge on any atom is -0.365 e. The molecule has 156 valence electrons. The van der Waals surface area contributed by atoms with E-state index in [1.165, 1.54) is 4.90 Å². The molecule has 31 heavy (non-hydrogen) atoms. The molecule has 10 heteroatoms. The third-order valence-electron chi connectivity index (χ3n) is 5.21. The molecule has 2 heterocycles. The lowest BCUT2D eigenvalue weighted by Crippen LogP contribution is -2.46. The largest absolute Gasteiger partial charge is 0.365 e. The third kappa shape index (κ3) is 3.48. The summed E-state index contributed by atoms with van der Waals surface area (Å²) in [6.07, 6.45) is 0. The number of rotatable bonds is 3. The van der Waals surface area contributed by atoms with Gasteiger partial charge in [-0.3, -0.25) is 9.48 Å². The number of amides is 3. The summed E-state index contributed by atoms with van der Waals surface area (Å²) >= 11 is 12.5. The molecule has 4 N–H and O–H groups in total. The number of carbonyl (C=O) groups is 2. The van der Waals surface area contributed by atoms with E-state index in [4.69, 9.17) is 39.9 Å². The standard InChI is InChI=1S/C21H16Cl2N6O2/c22-14-3-1-2-13(16(14)23)17-15(20(25)30)19-18(12-6-4-11(10-24)5-7-12)28(21(26)31)8-9-29(19)27-17/h1-7,18H,8-9H2,(H2,25,30)(H2,26,31). The lowest BCUT2D eigenvalue weighted by molar-refractivity contribution is 0.0995. The lowest BCUT2D eigenvalue weighted by atomic mass is 9.94. The van der Waals surface area contributed by atoms with Crippen molar-refractivity contribution >= 4 is 35.1 Å². The van der Waals surface area contributed by atoms with E-state index in [2.05, 4.69) is 11.2 Å². The number of carbonyl (C=O) groups excluding carboxylic acids is 2. The molecule has 0 saturated carbocycles. The molecule has 0 spiro atoms. The first-order valence-corrected chi connectivity index (χ1v) is 10.00. The first kappa shape index (κ1) is 20.7. The fourth-order valence-electron chi connectivity index (χ4n) is 3.84. The molecule has 0 aliphatic carbocycles. The van der Waals surface area contributed by atoms with E-state index in [1.807, 2.05) is 0 Å². The zero-order chi connectivity index (χ0) is 22.3. The highest BCUT2D eigenvalue weighted by molar-refractivity contribution is 6.43. The Labute approximate surface area is 187 Å². The van der Waals surface area contributed by atoms with Crippen molar-refractivity contribution < 1.29 is 9.59 Å². The van der Waals surface area contributed by atoms with Crippen molar-refractivity contribution in [2.75, 3.05) is 6.54 Å². The Morgan fingerprint density at radius 1 is 1.10 bits per heavy atom. The van der Waals surface area contributed by atoms with Gasteiger partial charge in [0.15, 0.2) is 0 Å². The van der Waals surface area contributed by atoms with Crippen LogP contribution < -0.4 is 11.5 Å². The molecule has 0 radical (unpaired) electrons. The first-order chi connectivity index (χ1) is 14.8. The van der Waals surface area contributed by atoms with E-state index < -0.39 is 18.0 Å². The number of halogens is 2. The van der Waals surface area contributed by atoms with Crippen LogP contribution in [0.3, 0.4) is 0 Å². The Hall–Kier alpha value is -3.54. The number of aromatic nitrogens is 2. The van der Waals surface area contributed by atoms with Gasteiger partial charge in [0.2, 0.25) is 0 Å². The number of nitrogens with zero attached hydrogens (tertiary/aromatic N) is 4. The molecule has 1 aliphatic rings. The zero-order valence-electron chi connectivity index (χ0n) is 16.0. The second-order valence-electron chi connectivity index (χ2n) is 6.97. The van der Waals surface area contributed by atoms with Crippen molar-refractivity contribution in [3.05, 3.63) is 74.9 Å². The Kier molecular flexibility index (Phi) is 5.31. The molecule has 0 saturated heterocycles. The number of fused-ring (bicyclic) bond motifs is 1. The van der Waals surface area contributed by atoms with Crippen molar-refractivity contribution in [3.8, 4) is 17.3 Å². The van der Waals surface area contributed by atoms with Crippen molar-refractivity contribution in [3.63, 3.8) is 0 Å². The van der Waals surface area contributed by atoms with Gasteiger partial charge in [-0.1, -0.05) is 47.5 Å². The monoisotopic (exact) mass is 454 g/mol. The SMILES string of the molecule is N#Cc1ccc(C2c3c(C(N)=O)c(-c4cccc(Cl)c4Cl)nn3CCN2C(N)=O)cc1. The van der Waals surface area contributed by atoms with Gasteiger partial charge in [0.05, 0.1) is 39.5 Å². The zero-order valence-corrected chi connectivity index (χ0v) is 17.6. The fourth-order valence-corrected chi connectivity index (χ4v) is 4.23. The van der Waals surface area contributed by atoms with Gasteiger partial charge in [-0.05, 0) is 23.8 Å². The van der Waals surface area contributed by atoms with Gasteiger partial charge in [-0.15, -0.1) is 0 Å². The number of urea groups is 1. The Bertz CT molecular complexity index is 1250. The number of nitrogens with two attached hydrogens (primary N) is 2. The van der Waals surface area contributed by atoms with Crippen LogP contribution in [0.4, 0.5) is 4.79 Å². The molecule has 4 rings (SSSR count). The highest BCUT2D eigenvalue weighted by Gasteiger charge is 2.38. The van der Waals surface area contributed by atoms with Crippen molar-refractivity contribution in [1.82, 2.24) is 14.7 Å². The summed E-state index contributed by atoms with van der Waals surface area (Å²) in [7, 11) is 0. The van der Waals surface area contributed by atoms with E-state index in [0.29, 0.717) is 34.0 Å². The van der Waals surface area contributed by atoms with E-state index in [9.17, 15) is 9.59 Å². The number of benzene rings is 2.